The fraction of sp³-hybridized carbons (Fsp3) is 0.429. The van der Waals surface area contributed by atoms with E-state index in [1.54, 1.807) is 24.3 Å². The van der Waals surface area contributed by atoms with Gasteiger partial charge in [0.1, 0.15) is 5.75 Å². The van der Waals surface area contributed by atoms with Crippen LogP contribution in [0.25, 0.3) is 0 Å². The van der Waals surface area contributed by atoms with Crippen molar-refractivity contribution >= 4 is 17.5 Å². The molecule has 0 saturated heterocycles. The van der Waals surface area contributed by atoms with E-state index in [0.29, 0.717) is 18.0 Å². The molecule has 0 heterocycles. The summed E-state index contributed by atoms with van der Waals surface area (Å²) in [5.74, 6) is 0.268. The number of hydrogen-bond acceptors (Lipinski definition) is 3. The van der Waals surface area contributed by atoms with E-state index >= 15 is 0 Å². The predicted octanol–water partition coefficient (Wildman–Crippen LogP) is 1.94. The molecule has 2 N–H and O–H groups in total. The lowest BCUT2D eigenvalue weighted by Crippen LogP contribution is -2.29. The Labute approximate surface area is 113 Å². The zero-order chi connectivity index (χ0) is 14.1. The van der Waals surface area contributed by atoms with Crippen molar-refractivity contribution in [1.82, 2.24) is 5.32 Å². The summed E-state index contributed by atoms with van der Waals surface area (Å²) >= 11 is 0. The summed E-state index contributed by atoms with van der Waals surface area (Å²) in [4.78, 5) is 22.4. The van der Waals surface area contributed by atoms with E-state index in [2.05, 4.69) is 17.6 Å². The molecule has 0 bridgehead atoms. The Kier molecular flexibility index (Phi) is 6.43. The molecule has 0 radical (unpaired) electrons. The first-order chi connectivity index (χ1) is 9.11. The number of unbranched alkanes of at least 4 members (excludes halogenated alkanes) is 1. The van der Waals surface area contributed by atoms with Gasteiger partial charge in [-0.3, -0.25) is 9.59 Å². The van der Waals surface area contributed by atoms with E-state index in [-0.39, 0.29) is 18.4 Å². The normalized spacial score (nSPS) is 9.79. The maximum Gasteiger partial charge on any atom is 0.257 e. The Morgan fingerprint density at radius 1 is 1.32 bits per heavy atom. The summed E-state index contributed by atoms with van der Waals surface area (Å²) in [5, 5.41) is 5.42. The summed E-state index contributed by atoms with van der Waals surface area (Å²) < 4.78 is 5.36. The van der Waals surface area contributed by atoms with Gasteiger partial charge in [-0.25, -0.2) is 0 Å². The first-order valence-corrected chi connectivity index (χ1v) is 6.39. The minimum Gasteiger partial charge on any atom is -0.484 e. The third kappa shape index (κ3) is 6.45. The molecule has 0 fully saturated rings. The fourth-order valence-electron chi connectivity index (χ4n) is 1.47. The number of carbonyl (C=O) groups excluding carboxylic acids is 2. The second-order valence-electron chi connectivity index (χ2n) is 4.20. The number of hydrogen-bond donors (Lipinski definition) is 2. The standard InChI is InChI=1S/C14H20N2O3/c1-3-4-8-15-14(18)10-19-13-7-5-6-12(9-13)16-11(2)17/h5-7,9H,3-4,8,10H2,1-2H3,(H,15,18)(H,16,17). The minimum atomic E-state index is -0.144. The third-order valence-corrected chi connectivity index (χ3v) is 2.38. The van der Waals surface area contributed by atoms with E-state index < -0.39 is 0 Å². The highest BCUT2D eigenvalue weighted by Crippen LogP contribution is 2.17. The average Bonchev–Trinajstić information content (AvgIpc) is 2.36. The van der Waals surface area contributed by atoms with Crippen LogP contribution in [0.15, 0.2) is 24.3 Å². The van der Waals surface area contributed by atoms with Gasteiger partial charge < -0.3 is 15.4 Å². The van der Waals surface area contributed by atoms with Gasteiger partial charge in [0.05, 0.1) is 0 Å². The Morgan fingerprint density at radius 3 is 2.79 bits per heavy atom. The van der Waals surface area contributed by atoms with Gasteiger partial charge in [0.15, 0.2) is 6.61 Å². The molecule has 5 heteroatoms. The quantitative estimate of drug-likeness (QED) is 0.740. The van der Waals surface area contributed by atoms with Crippen LogP contribution in [-0.2, 0) is 9.59 Å². The van der Waals surface area contributed by atoms with Crippen molar-refractivity contribution in [3.8, 4) is 5.75 Å². The van der Waals surface area contributed by atoms with E-state index in [0.717, 1.165) is 12.8 Å². The predicted molar refractivity (Wildman–Crippen MR) is 74.2 cm³/mol. The molecular formula is C14H20N2O3. The zero-order valence-corrected chi connectivity index (χ0v) is 11.4. The number of carbonyl (C=O) groups is 2. The van der Waals surface area contributed by atoms with E-state index in [1.165, 1.54) is 6.92 Å². The summed E-state index contributed by atoms with van der Waals surface area (Å²) in [5.41, 5.74) is 0.649. The molecule has 5 nitrogen and oxygen atoms in total. The molecule has 0 saturated carbocycles. The molecule has 1 rings (SSSR count). The zero-order valence-electron chi connectivity index (χ0n) is 11.4. The van der Waals surface area contributed by atoms with Crippen LogP contribution >= 0.6 is 0 Å². The molecular weight excluding hydrogens is 244 g/mol. The van der Waals surface area contributed by atoms with Gasteiger partial charge in [-0.2, -0.15) is 0 Å². The highest BCUT2D eigenvalue weighted by molar-refractivity contribution is 5.88. The number of rotatable bonds is 7. The van der Waals surface area contributed by atoms with Crippen LogP contribution < -0.4 is 15.4 Å². The van der Waals surface area contributed by atoms with Crippen LogP contribution in [0.3, 0.4) is 0 Å². The van der Waals surface area contributed by atoms with Crippen molar-refractivity contribution in [2.45, 2.75) is 26.7 Å². The molecule has 0 aromatic heterocycles. The maximum absolute atomic E-state index is 11.4. The molecule has 1 aromatic rings. The van der Waals surface area contributed by atoms with Crippen molar-refractivity contribution in [2.24, 2.45) is 0 Å². The third-order valence-electron chi connectivity index (χ3n) is 2.38. The number of nitrogens with one attached hydrogen (secondary N) is 2. The van der Waals surface area contributed by atoms with E-state index in [1.807, 2.05) is 0 Å². The highest BCUT2D eigenvalue weighted by Gasteiger charge is 2.03. The smallest absolute Gasteiger partial charge is 0.257 e. The van der Waals surface area contributed by atoms with Gasteiger partial charge in [0.2, 0.25) is 5.91 Å². The van der Waals surface area contributed by atoms with Gasteiger partial charge in [0.25, 0.3) is 5.91 Å². The van der Waals surface area contributed by atoms with Crippen molar-refractivity contribution < 1.29 is 14.3 Å². The monoisotopic (exact) mass is 264 g/mol. The van der Waals surface area contributed by atoms with Gasteiger partial charge in [0, 0.05) is 25.2 Å². The molecule has 1 aromatic carbocycles. The van der Waals surface area contributed by atoms with Crippen LogP contribution in [0, 0.1) is 0 Å². The van der Waals surface area contributed by atoms with Crippen molar-refractivity contribution in [2.75, 3.05) is 18.5 Å². The van der Waals surface area contributed by atoms with Gasteiger partial charge >= 0.3 is 0 Å². The number of anilines is 1. The first kappa shape index (κ1) is 15.0. The second-order valence-corrected chi connectivity index (χ2v) is 4.20. The Hall–Kier alpha value is -2.04. The van der Waals surface area contributed by atoms with Gasteiger partial charge in [-0.05, 0) is 18.6 Å². The molecule has 19 heavy (non-hydrogen) atoms. The van der Waals surface area contributed by atoms with E-state index in [4.69, 9.17) is 4.74 Å². The lowest BCUT2D eigenvalue weighted by molar-refractivity contribution is -0.123. The molecule has 0 spiro atoms. The Bertz CT molecular complexity index is 432. The minimum absolute atomic E-state index is 0.0206. The highest BCUT2D eigenvalue weighted by atomic mass is 16.5. The van der Waals surface area contributed by atoms with E-state index in [9.17, 15) is 9.59 Å². The Morgan fingerprint density at radius 2 is 2.11 bits per heavy atom. The van der Waals surface area contributed by atoms with Crippen LogP contribution in [-0.4, -0.2) is 25.0 Å². The number of ether oxygens (including phenoxy) is 1. The number of amides is 2. The number of benzene rings is 1. The van der Waals surface area contributed by atoms with Crippen molar-refractivity contribution in [3.63, 3.8) is 0 Å². The molecule has 0 aliphatic rings. The van der Waals surface area contributed by atoms with Crippen LogP contribution in [0.5, 0.6) is 5.75 Å². The summed E-state index contributed by atoms with van der Waals surface area (Å²) in [6.07, 6.45) is 2.00. The maximum atomic E-state index is 11.4. The molecule has 2 amide bonds. The molecule has 0 atom stereocenters. The second kappa shape index (κ2) is 8.13. The summed E-state index contributed by atoms with van der Waals surface area (Å²) in [7, 11) is 0. The summed E-state index contributed by atoms with van der Waals surface area (Å²) in [6.45, 7) is 4.16. The Balaban J connectivity index is 2.40. The molecule has 0 aliphatic carbocycles. The fourth-order valence-corrected chi connectivity index (χ4v) is 1.47. The molecule has 104 valence electrons. The SMILES string of the molecule is CCCCNC(=O)COc1cccc(NC(C)=O)c1. The topological polar surface area (TPSA) is 67.4 Å². The lowest BCUT2D eigenvalue weighted by Gasteiger charge is -2.08. The molecule has 0 unspecified atom stereocenters. The largest absolute Gasteiger partial charge is 0.484 e. The van der Waals surface area contributed by atoms with Gasteiger partial charge in [-0.1, -0.05) is 19.4 Å². The van der Waals surface area contributed by atoms with Crippen LogP contribution in [0.1, 0.15) is 26.7 Å². The average molecular weight is 264 g/mol. The lowest BCUT2D eigenvalue weighted by atomic mass is 10.3. The first-order valence-electron chi connectivity index (χ1n) is 6.39. The van der Waals surface area contributed by atoms with Crippen LogP contribution in [0.4, 0.5) is 5.69 Å². The summed E-state index contributed by atoms with van der Waals surface area (Å²) in [6, 6.07) is 6.94. The molecule has 0 aliphatic heterocycles. The van der Waals surface area contributed by atoms with Gasteiger partial charge in [-0.15, -0.1) is 0 Å². The van der Waals surface area contributed by atoms with Crippen molar-refractivity contribution in [1.29, 1.82) is 0 Å². The van der Waals surface area contributed by atoms with Crippen molar-refractivity contribution in [3.05, 3.63) is 24.3 Å². The van der Waals surface area contributed by atoms with Crippen LogP contribution in [0.2, 0.25) is 0 Å².